The first kappa shape index (κ1) is 56.1. The number of aliphatic hydroxyl groups is 3. The molecule has 13 N–H and O–H groups in total. The summed E-state index contributed by atoms with van der Waals surface area (Å²) in [6, 6.07) is 0.891. The molecule has 4 unspecified atom stereocenters. The summed E-state index contributed by atoms with van der Waals surface area (Å²) >= 11 is 0. The van der Waals surface area contributed by atoms with Gasteiger partial charge in [0, 0.05) is 38.7 Å². The smallest absolute Gasteiger partial charge is 0.387 e. The molecule has 3 fully saturated rings. The van der Waals surface area contributed by atoms with Gasteiger partial charge in [-0.25, -0.2) is 42.4 Å². The summed E-state index contributed by atoms with van der Waals surface area (Å²) in [5.41, 5.74) is 6.17. The maximum Gasteiger partial charge on any atom is 0.490 e. The van der Waals surface area contributed by atoms with Gasteiger partial charge in [0.1, 0.15) is 48.0 Å². The fourth-order valence-electron chi connectivity index (χ4n) is 8.44. The van der Waals surface area contributed by atoms with E-state index in [9.17, 15) is 72.3 Å². The molecule has 0 saturated carbocycles. The number of aryl methyl sites for hydroxylation is 1. The van der Waals surface area contributed by atoms with Crippen LogP contribution in [0.5, 0.6) is 0 Å². The van der Waals surface area contributed by atoms with Crippen molar-refractivity contribution in [1.29, 1.82) is 0 Å². The van der Waals surface area contributed by atoms with Gasteiger partial charge in [-0.15, -0.1) is 0 Å². The van der Waals surface area contributed by atoms with E-state index in [4.69, 9.17) is 39.2 Å². The third-order valence-electron chi connectivity index (χ3n) is 11.9. The fourth-order valence-corrected chi connectivity index (χ4v) is 13.6. The van der Waals surface area contributed by atoms with Crippen LogP contribution >= 0.6 is 31.1 Å². The number of aromatic amines is 2. The van der Waals surface area contributed by atoms with Gasteiger partial charge in [-0.2, -0.15) is 8.62 Å². The van der Waals surface area contributed by atoms with Crippen molar-refractivity contribution in [3.63, 3.8) is 0 Å². The lowest BCUT2D eigenvalue weighted by Gasteiger charge is -2.26. The Hall–Kier alpha value is -5.10. The van der Waals surface area contributed by atoms with Crippen LogP contribution in [0.15, 0.2) is 45.6 Å². The Balaban J connectivity index is 0.957. The number of carbonyl (C=O) groups excluding carboxylic acids is 1. The van der Waals surface area contributed by atoms with Gasteiger partial charge in [0.25, 0.3) is 17.1 Å². The van der Waals surface area contributed by atoms with Gasteiger partial charge in [0.2, 0.25) is 17.7 Å². The Kier molecular flexibility index (Phi) is 15.7. The molecule has 3 saturated heterocycles. The molecule has 412 valence electrons. The second kappa shape index (κ2) is 21.0. The van der Waals surface area contributed by atoms with Crippen molar-refractivity contribution in [2.45, 2.75) is 73.6 Å². The van der Waals surface area contributed by atoms with Crippen LogP contribution in [0.3, 0.4) is 0 Å². The molecule has 0 aliphatic carbocycles. The molecule has 16 atom stereocenters. The van der Waals surface area contributed by atoms with Crippen LogP contribution in [0.25, 0.3) is 22.3 Å². The number of amides is 1. The van der Waals surface area contributed by atoms with E-state index in [1.807, 2.05) is 4.98 Å². The first-order valence-electron chi connectivity index (χ1n) is 21.5. The number of H-pyrrole nitrogens is 2. The molecule has 0 aromatic carbocycles. The molecule has 5 aromatic rings. The number of ether oxygens (including phenoxy) is 3. The molecule has 0 bridgehead atoms. The van der Waals surface area contributed by atoms with E-state index in [0.29, 0.717) is 4.57 Å². The summed E-state index contributed by atoms with van der Waals surface area (Å²) in [7, 11) is -19.6. The molecule has 5 aromatic heterocycles. The molecule has 1 amide bonds. The number of halogens is 1. The highest BCUT2D eigenvalue weighted by Crippen LogP contribution is 2.68. The summed E-state index contributed by atoms with van der Waals surface area (Å²) < 4.78 is 114. The Labute approximate surface area is 416 Å². The van der Waals surface area contributed by atoms with Gasteiger partial charge in [-0.3, -0.25) is 51.7 Å². The standard InChI is InChI=1S/C34H46FN13O23P4/c1-44(2)18(50)6-13-14(67-31(22(13)51)48-12-45(3)21-28(48)42-33(37)43-29(21)54)7-65-73(58,59)70-75(62,63)71-74(60,61)66-9-16-25(19(35)30(69-16)47-11-40-20-26(36)38-10-39-27(20)47)72(56,57)64-8-15-23(52)24(53)32(68-15)46-5-4-17(49)41-34(46)55/h4-5,10-16,19,22-25,30-32,51-53H,6-9H2,1-3H3,(H9-,36,37,38,39,41,42,43,49,54,55,56,57,58,59,60,61,62,63)/p+1/t13-,14-,15-,16-,19-,22-,23-,24-,25-,30-,31-,32-/m1/s1. The molecule has 0 radical (unpaired) electrons. The number of hydrogen-bond donors (Lipinski definition) is 11. The van der Waals surface area contributed by atoms with Crippen LogP contribution in [0.4, 0.5) is 16.2 Å². The minimum atomic E-state index is -6.29. The minimum Gasteiger partial charge on any atom is -0.387 e. The van der Waals surface area contributed by atoms with Crippen molar-refractivity contribution in [2.24, 2.45) is 13.0 Å². The van der Waals surface area contributed by atoms with E-state index in [1.54, 1.807) is 0 Å². The van der Waals surface area contributed by atoms with Crippen molar-refractivity contribution in [3.8, 4) is 0 Å². The number of nitrogens with two attached hydrogens (primary N) is 2. The predicted molar refractivity (Wildman–Crippen MR) is 242 cm³/mol. The van der Waals surface area contributed by atoms with E-state index in [-0.39, 0.29) is 34.1 Å². The number of nitrogen functional groups attached to an aromatic ring is 2. The first-order chi connectivity index (χ1) is 35.0. The van der Waals surface area contributed by atoms with E-state index in [2.05, 4.69) is 33.5 Å². The highest BCUT2D eigenvalue weighted by atomic mass is 31.3. The van der Waals surface area contributed by atoms with Crippen molar-refractivity contribution < 1.29 is 103 Å². The number of nitrogens with one attached hydrogen (secondary N) is 2. The van der Waals surface area contributed by atoms with Crippen molar-refractivity contribution in [1.82, 2.24) is 48.5 Å². The summed E-state index contributed by atoms with van der Waals surface area (Å²) in [6.45, 7) is -3.69. The number of imidazole rings is 2. The zero-order chi connectivity index (χ0) is 54.9. The number of aromatic nitrogens is 10. The number of rotatable bonds is 19. The van der Waals surface area contributed by atoms with Crippen molar-refractivity contribution in [2.75, 3.05) is 45.4 Å². The third kappa shape index (κ3) is 11.6. The monoisotopic (exact) mass is 1150 g/mol. The van der Waals surface area contributed by atoms with E-state index < -0.39 is 153 Å². The minimum absolute atomic E-state index is 0.0218. The number of alkyl halides is 1. The first-order valence-corrected chi connectivity index (χ1v) is 27.6. The second-order valence-electron chi connectivity index (χ2n) is 17.1. The van der Waals surface area contributed by atoms with Gasteiger partial charge in [-0.05, 0) is 0 Å². The van der Waals surface area contributed by atoms with Crippen LogP contribution < -0.4 is 32.8 Å². The van der Waals surface area contributed by atoms with Crippen LogP contribution in [-0.2, 0) is 66.5 Å². The Bertz CT molecular complexity index is 3380. The van der Waals surface area contributed by atoms with Gasteiger partial charge in [0.05, 0.1) is 39.3 Å². The van der Waals surface area contributed by atoms with Gasteiger partial charge in [0.15, 0.2) is 36.4 Å². The van der Waals surface area contributed by atoms with Gasteiger partial charge < -0.3 is 70.0 Å². The normalized spacial score (nSPS) is 30.3. The molecular weight excluding hydrogens is 1100 g/mol. The summed E-state index contributed by atoms with van der Waals surface area (Å²) in [4.78, 5) is 113. The lowest BCUT2D eigenvalue weighted by atomic mass is 9.94. The molecule has 8 heterocycles. The number of phosphoric ester groups is 2. The zero-order valence-corrected chi connectivity index (χ0v) is 42.2. The highest BCUT2D eigenvalue weighted by Gasteiger charge is 2.58. The van der Waals surface area contributed by atoms with Crippen LogP contribution in [-0.4, -0.2) is 172 Å². The molecule has 36 nitrogen and oxygen atoms in total. The van der Waals surface area contributed by atoms with Crippen LogP contribution in [0.1, 0.15) is 25.1 Å². The van der Waals surface area contributed by atoms with Crippen LogP contribution in [0.2, 0.25) is 0 Å². The average Bonchev–Trinajstić information content (AvgIpc) is 4.10. The van der Waals surface area contributed by atoms with Crippen molar-refractivity contribution >= 4 is 71.1 Å². The van der Waals surface area contributed by atoms with Crippen LogP contribution in [0, 0.1) is 5.92 Å². The fraction of sp³-hybridized carbons (Fsp3) is 0.559. The van der Waals surface area contributed by atoms with E-state index in [0.717, 1.165) is 34.4 Å². The van der Waals surface area contributed by atoms with Gasteiger partial charge in [-0.1, -0.05) is 4.98 Å². The second-order valence-corrected chi connectivity index (χ2v) is 23.8. The summed E-state index contributed by atoms with van der Waals surface area (Å²) in [5, 5.41) is 32.8. The van der Waals surface area contributed by atoms with Gasteiger partial charge >= 0.3 is 42.4 Å². The van der Waals surface area contributed by atoms with E-state index >= 15 is 4.39 Å². The predicted octanol–water partition coefficient (Wildman–Crippen LogP) is -3.75. The lowest BCUT2D eigenvalue weighted by molar-refractivity contribution is -0.745. The third-order valence-corrected chi connectivity index (χ3v) is 18.1. The SMILES string of the molecule is CN(C)C(=O)C[C@H]1[C@@H](O)[C@H]([n+]2cn(C)c3c(=O)[nH]c(N)nc32)O[C@@H]1COP(=O)(O)OP(=O)(O)OP(=O)(O)OC[C@H]1O[C@@H](n2cnc3c(N)ncnc32)[C@H](F)[C@@H]1P(=O)(O)OC[C@H]1O[C@@H](n2ccc(=O)[nH]c2=O)[C@H](O)[C@@H]1O. The van der Waals surface area contributed by atoms with E-state index in [1.165, 1.54) is 36.6 Å². The summed E-state index contributed by atoms with van der Waals surface area (Å²) in [6.07, 6.45) is -15.1. The lowest BCUT2D eigenvalue weighted by Crippen LogP contribution is -2.45. The Morgan fingerprint density at radius 1 is 0.840 bits per heavy atom. The molecule has 75 heavy (non-hydrogen) atoms. The molecular formula is C34H47FN13O23P4+. The molecule has 8 rings (SSSR count). The largest absolute Gasteiger partial charge is 0.490 e. The number of carbonyl (C=O) groups is 1. The summed E-state index contributed by atoms with van der Waals surface area (Å²) in [5.74, 6) is -2.34. The number of phosphoric acid groups is 3. The average molecular weight is 1150 g/mol. The Morgan fingerprint density at radius 3 is 2.13 bits per heavy atom. The molecule has 0 spiro atoms. The highest BCUT2D eigenvalue weighted by molar-refractivity contribution is 7.66. The topological polar surface area (TPSA) is 509 Å². The maximum atomic E-state index is 16.7. The molecule has 41 heteroatoms. The number of aliphatic hydroxyl groups excluding tert-OH is 3. The number of fused-ring (bicyclic) bond motifs is 2. The maximum absolute atomic E-state index is 16.7. The van der Waals surface area contributed by atoms with Crippen molar-refractivity contribution in [3.05, 3.63) is 62.4 Å². The zero-order valence-electron chi connectivity index (χ0n) is 38.7. The molecule has 3 aliphatic rings. The quantitative estimate of drug-likeness (QED) is 0.0279. The number of anilines is 2. The number of nitrogens with zero attached hydrogens (tertiary/aromatic N) is 9. The molecule has 3 aliphatic heterocycles. The number of hydrogen-bond acceptors (Lipinski definition) is 25. The Morgan fingerprint density at radius 2 is 1.48 bits per heavy atom.